The molecule has 18 heavy (non-hydrogen) atoms. The molecule has 0 saturated carbocycles. The van der Waals surface area contributed by atoms with Gasteiger partial charge in [0, 0.05) is 18.0 Å². The normalized spacial score (nSPS) is 10.5. The lowest BCUT2D eigenvalue weighted by atomic mass is 10.2. The lowest BCUT2D eigenvalue weighted by Gasteiger charge is -2.06. The van der Waals surface area contributed by atoms with Crippen LogP contribution in [0.2, 0.25) is 0 Å². The molecule has 0 aromatic heterocycles. The molecule has 0 aliphatic carbocycles. The molecule has 2 N–H and O–H groups in total. The minimum Gasteiger partial charge on any atom is -0.309 e. The SMILES string of the molecule is CNSc1ccc(CNCc2ccccc2)cc1. The second-order valence-corrected chi connectivity index (χ2v) is 5.12. The highest BCUT2D eigenvalue weighted by Gasteiger charge is 1.95. The van der Waals surface area contributed by atoms with Gasteiger partial charge < -0.3 is 5.32 Å². The third kappa shape index (κ3) is 4.18. The van der Waals surface area contributed by atoms with Crippen molar-refractivity contribution in [3.05, 3.63) is 65.7 Å². The molecule has 0 radical (unpaired) electrons. The highest BCUT2D eigenvalue weighted by Crippen LogP contribution is 2.14. The molecule has 0 bridgehead atoms. The van der Waals surface area contributed by atoms with Gasteiger partial charge in [-0.15, -0.1) is 0 Å². The molecular weight excluding hydrogens is 240 g/mol. The van der Waals surface area contributed by atoms with Gasteiger partial charge in [-0.25, -0.2) is 0 Å². The summed E-state index contributed by atoms with van der Waals surface area (Å²) in [7, 11) is 1.93. The molecule has 94 valence electrons. The maximum absolute atomic E-state index is 3.45. The van der Waals surface area contributed by atoms with E-state index >= 15 is 0 Å². The van der Waals surface area contributed by atoms with E-state index < -0.39 is 0 Å². The van der Waals surface area contributed by atoms with E-state index in [1.165, 1.54) is 16.0 Å². The van der Waals surface area contributed by atoms with Gasteiger partial charge in [0.25, 0.3) is 0 Å². The second-order valence-electron chi connectivity index (χ2n) is 4.04. The van der Waals surface area contributed by atoms with Crippen LogP contribution in [0.3, 0.4) is 0 Å². The molecule has 0 unspecified atom stereocenters. The summed E-state index contributed by atoms with van der Waals surface area (Å²) in [6.45, 7) is 1.81. The highest BCUT2D eigenvalue weighted by molar-refractivity contribution is 7.97. The molecule has 2 rings (SSSR count). The fraction of sp³-hybridized carbons (Fsp3) is 0.200. The van der Waals surface area contributed by atoms with E-state index in [2.05, 4.69) is 58.6 Å². The largest absolute Gasteiger partial charge is 0.309 e. The summed E-state index contributed by atoms with van der Waals surface area (Å²) < 4.78 is 3.07. The summed E-state index contributed by atoms with van der Waals surface area (Å²) >= 11 is 1.63. The Morgan fingerprint density at radius 3 is 2.06 bits per heavy atom. The second kappa shape index (κ2) is 7.21. The Bertz CT molecular complexity index is 454. The summed E-state index contributed by atoms with van der Waals surface area (Å²) in [5.74, 6) is 0. The van der Waals surface area contributed by atoms with Crippen LogP contribution in [0.15, 0.2) is 59.5 Å². The van der Waals surface area contributed by atoms with Gasteiger partial charge in [0.2, 0.25) is 0 Å². The van der Waals surface area contributed by atoms with Crippen molar-refractivity contribution >= 4 is 11.9 Å². The number of hydrogen-bond acceptors (Lipinski definition) is 3. The first-order chi connectivity index (χ1) is 8.88. The Labute approximate surface area is 113 Å². The Kier molecular flexibility index (Phi) is 5.27. The van der Waals surface area contributed by atoms with Crippen molar-refractivity contribution in [1.82, 2.24) is 10.0 Å². The Balaban J connectivity index is 1.80. The van der Waals surface area contributed by atoms with Gasteiger partial charge in [-0.3, -0.25) is 4.72 Å². The van der Waals surface area contributed by atoms with Crippen LogP contribution in [0.1, 0.15) is 11.1 Å². The molecule has 0 atom stereocenters. The number of benzene rings is 2. The van der Waals surface area contributed by atoms with Gasteiger partial charge in [0.15, 0.2) is 0 Å². The third-order valence-corrected chi connectivity index (χ3v) is 3.36. The van der Waals surface area contributed by atoms with E-state index in [1.807, 2.05) is 13.1 Å². The van der Waals surface area contributed by atoms with Gasteiger partial charge in [-0.05, 0) is 42.3 Å². The van der Waals surface area contributed by atoms with Crippen molar-refractivity contribution in [3.63, 3.8) is 0 Å². The third-order valence-electron chi connectivity index (χ3n) is 2.64. The predicted octanol–water partition coefficient (Wildman–Crippen LogP) is 3.20. The summed E-state index contributed by atoms with van der Waals surface area (Å²) in [4.78, 5) is 1.24. The van der Waals surface area contributed by atoms with Crippen LogP contribution in [0.25, 0.3) is 0 Å². The van der Waals surface area contributed by atoms with Gasteiger partial charge >= 0.3 is 0 Å². The van der Waals surface area contributed by atoms with E-state index in [9.17, 15) is 0 Å². The quantitative estimate of drug-likeness (QED) is 0.778. The van der Waals surface area contributed by atoms with Crippen molar-refractivity contribution in [2.24, 2.45) is 0 Å². The fourth-order valence-electron chi connectivity index (χ4n) is 1.74. The van der Waals surface area contributed by atoms with Crippen LogP contribution in [0.5, 0.6) is 0 Å². The topological polar surface area (TPSA) is 24.1 Å². The first kappa shape index (κ1) is 13.1. The molecule has 0 heterocycles. The zero-order valence-electron chi connectivity index (χ0n) is 10.5. The summed E-state index contributed by atoms with van der Waals surface area (Å²) in [5, 5.41) is 3.45. The van der Waals surface area contributed by atoms with Gasteiger partial charge in [-0.1, -0.05) is 42.5 Å². The predicted molar refractivity (Wildman–Crippen MR) is 78.3 cm³/mol. The first-order valence-electron chi connectivity index (χ1n) is 6.05. The standard InChI is InChI=1S/C15H18N2S/c1-16-18-15-9-7-14(8-10-15)12-17-11-13-5-3-2-4-6-13/h2-10,16-17H,11-12H2,1H3. The molecule has 2 aromatic carbocycles. The van der Waals surface area contributed by atoms with Crippen LogP contribution in [0.4, 0.5) is 0 Å². The van der Waals surface area contributed by atoms with Crippen LogP contribution >= 0.6 is 11.9 Å². The summed E-state index contributed by atoms with van der Waals surface area (Å²) in [5.41, 5.74) is 2.63. The minimum atomic E-state index is 0.902. The van der Waals surface area contributed by atoms with Crippen molar-refractivity contribution in [2.45, 2.75) is 18.0 Å². The Morgan fingerprint density at radius 1 is 0.833 bits per heavy atom. The molecule has 0 aliphatic rings. The molecule has 0 fully saturated rings. The van der Waals surface area contributed by atoms with Crippen molar-refractivity contribution in [3.8, 4) is 0 Å². The first-order valence-corrected chi connectivity index (χ1v) is 6.87. The van der Waals surface area contributed by atoms with E-state index in [0.717, 1.165) is 13.1 Å². The van der Waals surface area contributed by atoms with Crippen molar-refractivity contribution in [2.75, 3.05) is 7.05 Å². The molecule has 0 amide bonds. The Morgan fingerprint density at radius 2 is 1.44 bits per heavy atom. The molecule has 0 saturated heterocycles. The van der Waals surface area contributed by atoms with E-state index in [1.54, 1.807) is 11.9 Å². The average molecular weight is 258 g/mol. The maximum Gasteiger partial charge on any atom is 0.0228 e. The van der Waals surface area contributed by atoms with E-state index in [4.69, 9.17) is 0 Å². The lowest BCUT2D eigenvalue weighted by Crippen LogP contribution is -2.12. The number of rotatable bonds is 6. The highest BCUT2D eigenvalue weighted by atomic mass is 32.2. The number of nitrogens with one attached hydrogen (secondary N) is 2. The van der Waals surface area contributed by atoms with Crippen molar-refractivity contribution in [1.29, 1.82) is 0 Å². The summed E-state index contributed by atoms with van der Waals surface area (Å²) in [6, 6.07) is 19.1. The van der Waals surface area contributed by atoms with Crippen LogP contribution < -0.4 is 10.0 Å². The zero-order chi connectivity index (χ0) is 12.6. The molecule has 0 spiro atoms. The Hall–Kier alpha value is -1.29. The summed E-state index contributed by atoms with van der Waals surface area (Å²) in [6.07, 6.45) is 0. The van der Waals surface area contributed by atoms with Gasteiger partial charge in [-0.2, -0.15) is 0 Å². The van der Waals surface area contributed by atoms with Crippen LogP contribution in [-0.2, 0) is 13.1 Å². The molecular formula is C15H18N2S. The zero-order valence-corrected chi connectivity index (χ0v) is 11.3. The smallest absolute Gasteiger partial charge is 0.0228 e. The van der Waals surface area contributed by atoms with Gasteiger partial charge in [0.1, 0.15) is 0 Å². The molecule has 0 aliphatic heterocycles. The fourth-order valence-corrected chi connectivity index (χ4v) is 2.25. The minimum absolute atomic E-state index is 0.902. The molecule has 3 heteroatoms. The van der Waals surface area contributed by atoms with Crippen LogP contribution in [0, 0.1) is 0 Å². The van der Waals surface area contributed by atoms with Crippen LogP contribution in [-0.4, -0.2) is 7.05 Å². The van der Waals surface area contributed by atoms with Crippen molar-refractivity contribution < 1.29 is 0 Å². The van der Waals surface area contributed by atoms with Gasteiger partial charge in [0.05, 0.1) is 0 Å². The molecule has 2 nitrogen and oxygen atoms in total. The monoisotopic (exact) mass is 258 g/mol. The average Bonchev–Trinajstić information content (AvgIpc) is 2.42. The lowest BCUT2D eigenvalue weighted by molar-refractivity contribution is 0.693. The van der Waals surface area contributed by atoms with E-state index in [0.29, 0.717) is 0 Å². The maximum atomic E-state index is 3.45. The number of hydrogen-bond donors (Lipinski definition) is 2. The molecule has 2 aromatic rings. The van der Waals surface area contributed by atoms with E-state index in [-0.39, 0.29) is 0 Å².